The molecule has 0 aliphatic carbocycles. The van der Waals surface area contributed by atoms with Gasteiger partial charge in [-0.05, 0) is 75.6 Å². The van der Waals surface area contributed by atoms with Crippen LogP contribution in [0.1, 0.15) is 21.5 Å². The Morgan fingerprint density at radius 3 is 2.52 bits per heavy atom. The number of hydrogen-bond donors (Lipinski definition) is 1. The minimum absolute atomic E-state index is 0.288. The van der Waals surface area contributed by atoms with Crippen molar-refractivity contribution in [3.8, 4) is 17.2 Å². The second kappa shape index (κ2) is 11.8. The van der Waals surface area contributed by atoms with E-state index in [-0.39, 0.29) is 5.82 Å². The van der Waals surface area contributed by atoms with E-state index in [1.165, 1.54) is 25.5 Å². The van der Waals surface area contributed by atoms with Gasteiger partial charge in [0.25, 0.3) is 5.91 Å². The lowest BCUT2D eigenvalue weighted by atomic mass is 10.2. The highest BCUT2D eigenvalue weighted by Crippen LogP contribution is 2.28. The summed E-state index contributed by atoms with van der Waals surface area (Å²) in [6.45, 7) is 4.24. The third kappa shape index (κ3) is 6.92. The Morgan fingerprint density at radius 2 is 1.82 bits per heavy atom. The molecule has 170 valence electrons. The van der Waals surface area contributed by atoms with Gasteiger partial charge < -0.3 is 14.2 Å². The predicted molar refractivity (Wildman–Crippen MR) is 129 cm³/mol. The first-order chi connectivity index (χ1) is 16.0. The maximum atomic E-state index is 13.0. The Labute approximate surface area is 199 Å². The molecule has 8 heteroatoms. The highest BCUT2D eigenvalue weighted by molar-refractivity contribution is 9.10. The average Bonchev–Trinajstić information content (AvgIpc) is 2.83. The lowest BCUT2D eigenvalue weighted by molar-refractivity contribution is 0.0954. The van der Waals surface area contributed by atoms with E-state index in [2.05, 4.69) is 33.0 Å². The lowest BCUT2D eigenvalue weighted by Gasteiger charge is -2.10. The van der Waals surface area contributed by atoms with Gasteiger partial charge in [-0.2, -0.15) is 5.10 Å². The number of hydrazone groups is 1. The number of nitrogens with one attached hydrogen (secondary N) is 1. The summed E-state index contributed by atoms with van der Waals surface area (Å²) in [5, 5.41) is 4.01. The molecule has 0 aliphatic rings. The molecule has 1 N–H and O–H groups in total. The molecule has 0 saturated heterocycles. The van der Waals surface area contributed by atoms with Crippen LogP contribution in [0.5, 0.6) is 17.2 Å². The zero-order valence-electron chi connectivity index (χ0n) is 17.9. The molecule has 3 aromatic carbocycles. The molecule has 0 heterocycles. The van der Waals surface area contributed by atoms with Crippen LogP contribution in [0.25, 0.3) is 0 Å². The number of carbonyl (C=O) groups is 1. The fourth-order valence-electron chi connectivity index (χ4n) is 2.76. The number of nitrogens with zero attached hydrogens (tertiary/aromatic N) is 1. The third-order valence-electron chi connectivity index (χ3n) is 4.43. The second-order valence-corrected chi connectivity index (χ2v) is 7.62. The van der Waals surface area contributed by atoms with Gasteiger partial charge in [-0.1, -0.05) is 24.8 Å². The van der Waals surface area contributed by atoms with E-state index in [1.807, 2.05) is 6.07 Å². The minimum atomic E-state index is -0.391. The SMILES string of the molecule is C=CCOc1ccc(C(=O)N/N=C/c2ccc(OCc3ccc(F)cc3)c(Br)c2)cc1OC. The van der Waals surface area contributed by atoms with Crippen molar-refractivity contribution in [1.29, 1.82) is 0 Å². The van der Waals surface area contributed by atoms with Crippen LogP contribution in [0, 0.1) is 5.82 Å². The molecule has 33 heavy (non-hydrogen) atoms. The number of carbonyl (C=O) groups excluding carboxylic acids is 1. The highest BCUT2D eigenvalue weighted by Gasteiger charge is 2.10. The molecular weight excluding hydrogens is 491 g/mol. The molecule has 6 nitrogen and oxygen atoms in total. The first kappa shape index (κ1) is 24.0. The topological polar surface area (TPSA) is 69.2 Å². The van der Waals surface area contributed by atoms with E-state index < -0.39 is 5.91 Å². The van der Waals surface area contributed by atoms with E-state index in [0.717, 1.165) is 15.6 Å². The van der Waals surface area contributed by atoms with E-state index in [1.54, 1.807) is 48.5 Å². The molecule has 0 unspecified atom stereocenters. The van der Waals surface area contributed by atoms with Gasteiger partial charge in [-0.3, -0.25) is 4.79 Å². The van der Waals surface area contributed by atoms with Gasteiger partial charge in [0.15, 0.2) is 11.5 Å². The number of halogens is 2. The van der Waals surface area contributed by atoms with Gasteiger partial charge in [-0.25, -0.2) is 9.82 Å². The number of hydrogen-bond acceptors (Lipinski definition) is 5. The molecule has 0 aliphatic heterocycles. The molecule has 3 aromatic rings. The summed E-state index contributed by atoms with van der Waals surface area (Å²) in [5.41, 5.74) is 4.47. The monoisotopic (exact) mass is 512 g/mol. The van der Waals surface area contributed by atoms with E-state index >= 15 is 0 Å². The van der Waals surface area contributed by atoms with Gasteiger partial charge in [0.2, 0.25) is 0 Å². The Kier molecular flexibility index (Phi) is 8.60. The summed E-state index contributed by atoms with van der Waals surface area (Å²) < 4.78 is 30.2. The van der Waals surface area contributed by atoms with Crippen LogP contribution >= 0.6 is 15.9 Å². The molecule has 0 radical (unpaired) electrons. The molecule has 0 aromatic heterocycles. The van der Waals surface area contributed by atoms with Crippen molar-refractivity contribution < 1.29 is 23.4 Å². The normalized spacial score (nSPS) is 10.6. The molecular formula is C25H22BrFN2O4. The van der Waals surface area contributed by atoms with Crippen LogP contribution in [-0.4, -0.2) is 25.8 Å². The van der Waals surface area contributed by atoms with Crippen molar-refractivity contribution in [3.05, 3.63) is 100 Å². The maximum absolute atomic E-state index is 13.0. The van der Waals surface area contributed by atoms with Crippen LogP contribution in [0.15, 0.2) is 82.9 Å². The summed E-state index contributed by atoms with van der Waals surface area (Å²) in [6, 6.07) is 16.4. The van der Waals surface area contributed by atoms with Crippen LogP contribution in [-0.2, 0) is 6.61 Å². The zero-order valence-corrected chi connectivity index (χ0v) is 19.5. The fraction of sp³-hybridized carbons (Fsp3) is 0.120. The average molecular weight is 513 g/mol. The second-order valence-electron chi connectivity index (χ2n) is 6.77. The molecule has 0 spiro atoms. The predicted octanol–water partition coefficient (Wildman–Crippen LogP) is 5.50. The van der Waals surface area contributed by atoms with Gasteiger partial charge in [0.05, 0.1) is 17.8 Å². The molecule has 0 bridgehead atoms. The largest absolute Gasteiger partial charge is 0.493 e. The summed E-state index contributed by atoms with van der Waals surface area (Å²) >= 11 is 3.46. The highest BCUT2D eigenvalue weighted by atomic mass is 79.9. The quantitative estimate of drug-likeness (QED) is 0.221. The van der Waals surface area contributed by atoms with Crippen molar-refractivity contribution in [1.82, 2.24) is 5.43 Å². The number of ether oxygens (including phenoxy) is 3. The van der Waals surface area contributed by atoms with Crippen molar-refractivity contribution in [3.63, 3.8) is 0 Å². The summed E-state index contributed by atoms with van der Waals surface area (Å²) in [5.74, 6) is 0.909. The van der Waals surface area contributed by atoms with E-state index in [4.69, 9.17) is 14.2 Å². The summed E-state index contributed by atoms with van der Waals surface area (Å²) in [6.07, 6.45) is 3.14. The fourth-order valence-corrected chi connectivity index (χ4v) is 3.27. The summed E-state index contributed by atoms with van der Waals surface area (Å²) in [4.78, 5) is 12.4. The standard InChI is InChI=1S/C25H22BrFN2O4/c1-3-12-32-23-11-7-19(14-24(23)31-2)25(30)29-28-15-18-6-10-22(21(26)13-18)33-16-17-4-8-20(27)9-5-17/h3-11,13-15H,1,12,16H2,2H3,(H,29,30)/b28-15+. The van der Waals surface area contributed by atoms with Crippen LogP contribution < -0.4 is 19.6 Å². The van der Waals surface area contributed by atoms with E-state index in [0.29, 0.717) is 36.0 Å². The van der Waals surface area contributed by atoms with Crippen LogP contribution in [0.2, 0.25) is 0 Å². The molecule has 0 atom stereocenters. The van der Waals surface area contributed by atoms with Gasteiger partial charge >= 0.3 is 0 Å². The van der Waals surface area contributed by atoms with Crippen molar-refractivity contribution >= 4 is 28.1 Å². The van der Waals surface area contributed by atoms with Gasteiger partial charge in [-0.15, -0.1) is 0 Å². The van der Waals surface area contributed by atoms with Gasteiger partial charge in [0.1, 0.15) is 24.8 Å². The van der Waals surface area contributed by atoms with Crippen molar-refractivity contribution in [2.75, 3.05) is 13.7 Å². The van der Waals surface area contributed by atoms with Crippen molar-refractivity contribution in [2.45, 2.75) is 6.61 Å². The molecule has 0 saturated carbocycles. The Balaban J connectivity index is 1.58. The number of benzene rings is 3. The van der Waals surface area contributed by atoms with Crippen LogP contribution in [0.3, 0.4) is 0 Å². The zero-order chi connectivity index (χ0) is 23.6. The van der Waals surface area contributed by atoms with E-state index in [9.17, 15) is 9.18 Å². The van der Waals surface area contributed by atoms with Crippen LogP contribution in [0.4, 0.5) is 4.39 Å². The smallest absolute Gasteiger partial charge is 0.271 e. The van der Waals surface area contributed by atoms with Crippen molar-refractivity contribution in [2.24, 2.45) is 5.10 Å². The first-order valence-electron chi connectivity index (χ1n) is 9.92. The number of rotatable bonds is 10. The Morgan fingerprint density at radius 1 is 1.06 bits per heavy atom. The summed E-state index contributed by atoms with van der Waals surface area (Å²) in [7, 11) is 1.50. The van der Waals surface area contributed by atoms with Gasteiger partial charge in [0, 0.05) is 5.56 Å². The third-order valence-corrected chi connectivity index (χ3v) is 5.05. The number of methoxy groups -OCH3 is 1. The lowest BCUT2D eigenvalue weighted by Crippen LogP contribution is -2.17. The Hall–Kier alpha value is -3.65. The molecule has 0 fully saturated rings. The molecule has 3 rings (SSSR count). The molecule has 1 amide bonds. The Bertz CT molecular complexity index is 1150. The maximum Gasteiger partial charge on any atom is 0.271 e. The number of amides is 1. The minimum Gasteiger partial charge on any atom is -0.493 e. The first-order valence-corrected chi connectivity index (χ1v) is 10.7.